The Kier molecular flexibility index (Phi) is 5.32. The molecule has 1 unspecified atom stereocenters. The van der Waals surface area contributed by atoms with Crippen LogP contribution in [0.1, 0.15) is 70.4 Å². The maximum atomic E-state index is 6.04. The fraction of sp³-hybridized carbons (Fsp3) is 0.684. The van der Waals surface area contributed by atoms with Crippen molar-refractivity contribution >= 4 is 0 Å². The Bertz CT molecular complexity index is 453. The van der Waals surface area contributed by atoms with E-state index in [9.17, 15) is 0 Å². The average molecular weight is 290 g/mol. The molecule has 118 valence electrons. The third-order valence-electron chi connectivity index (χ3n) is 4.55. The van der Waals surface area contributed by atoms with E-state index in [1.54, 1.807) is 7.11 Å². The zero-order chi connectivity index (χ0) is 15.5. The van der Waals surface area contributed by atoms with Crippen LogP contribution in [0.5, 0.6) is 5.75 Å². The lowest BCUT2D eigenvalue weighted by molar-refractivity contribution is 0.0711. The van der Waals surface area contributed by atoms with E-state index < -0.39 is 0 Å². The molecule has 0 aliphatic heterocycles. The van der Waals surface area contributed by atoms with Gasteiger partial charge >= 0.3 is 0 Å². The smallest absolute Gasteiger partial charge is 0.122 e. The van der Waals surface area contributed by atoms with Crippen LogP contribution in [0.3, 0.4) is 0 Å². The van der Waals surface area contributed by atoms with Crippen molar-refractivity contribution in [3.63, 3.8) is 0 Å². The fourth-order valence-electron chi connectivity index (χ4n) is 2.98. The first kappa shape index (κ1) is 16.4. The molecular formula is C19H30O2. The van der Waals surface area contributed by atoms with E-state index in [4.69, 9.17) is 9.47 Å². The minimum atomic E-state index is 0.128. The van der Waals surface area contributed by atoms with Crippen LogP contribution in [0.2, 0.25) is 0 Å². The van der Waals surface area contributed by atoms with Crippen molar-refractivity contribution in [1.29, 1.82) is 0 Å². The molecule has 2 nitrogen and oxygen atoms in total. The lowest BCUT2D eigenvalue weighted by Gasteiger charge is -2.24. The van der Waals surface area contributed by atoms with Crippen LogP contribution in [0.15, 0.2) is 18.2 Å². The lowest BCUT2D eigenvalue weighted by atomic mass is 9.84. The van der Waals surface area contributed by atoms with Crippen molar-refractivity contribution in [2.45, 2.75) is 70.8 Å². The Morgan fingerprint density at radius 1 is 1.19 bits per heavy atom. The van der Waals surface area contributed by atoms with Crippen molar-refractivity contribution in [3.8, 4) is 5.75 Å². The molecule has 1 aliphatic carbocycles. The van der Waals surface area contributed by atoms with Crippen molar-refractivity contribution < 1.29 is 9.47 Å². The van der Waals surface area contributed by atoms with E-state index >= 15 is 0 Å². The molecule has 0 amide bonds. The molecule has 1 atom stereocenters. The van der Waals surface area contributed by atoms with Crippen LogP contribution in [0.25, 0.3) is 0 Å². The van der Waals surface area contributed by atoms with Crippen LogP contribution in [-0.4, -0.2) is 19.8 Å². The highest BCUT2D eigenvalue weighted by atomic mass is 16.5. The summed E-state index contributed by atoms with van der Waals surface area (Å²) in [5.41, 5.74) is 2.99. The standard InChI is InChI=1S/C19H30O2/c1-14(20-5)13-21-18-11-10-16(19(2,3)4)12-17(18)15-8-6-7-9-15/h10-12,14-15H,6-9,13H2,1-5H3. The fourth-order valence-corrected chi connectivity index (χ4v) is 2.98. The predicted molar refractivity (Wildman–Crippen MR) is 88.3 cm³/mol. The summed E-state index contributed by atoms with van der Waals surface area (Å²) in [5, 5.41) is 0. The molecule has 1 aliphatic rings. The van der Waals surface area contributed by atoms with Crippen LogP contribution in [-0.2, 0) is 10.2 Å². The number of benzene rings is 1. The van der Waals surface area contributed by atoms with E-state index in [1.165, 1.54) is 36.8 Å². The van der Waals surface area contributed by atoms with E-state index in [1.807, 2.05) is 6.92 Å². The topological polar surface area (TPSA) is 18.5 Å². The zero-order valence-electron chi connectivity index (χ0n) is 14.2. The van der Waals surface area contributed by atoms with E-state index in [2.05, 4.69) is 39.0 Å². The Balaban J connectivity index is 2.25. The van der Waals surface area contributed by atoms with Crippen molar-refractivity contribution in [1.82, 2.24) is 0 Å². The zero-order valence-corrected chi connectivity index (χ0v) is 14.2. The SMILES string of the molecule is COC(C)COc1ccc(C(C)(C)C)cc1C1CCCC1. The normalized spacial score (nSPS) is 18.0. The average Bonchev–Trinajstić information content (AvgIpc) is 2.97. The number of methoxy groups -OCH3 is 1. The van der Waals surface area contributed by atoms with Gasteiger partial charge in [-0.2, -0.15) is 0 Å². The number of rotatable bonds is 5. The van der Waals surface area contributed by atoms with Crippen LogP contribution < -0.4 is 4.74 Å². The van der Waals surface area contributed by atoms with Gasteiger partial charge in [0, 0.05) is 7.11 Å². The molecule has 1 aromatic rings. The quantitative estimate of drug-likeness (QED) is 0.755. The van der Waals surface area contributed by atoms with E-state index in [0.29, 0.717) is 12.5 Å². The first-order valence-electron chi connectivity index (χ1n) is 8.22. The second-order valence-corrected chi connectivity index (χ2v) is 7.34. The summed E-state index contributed by atoms with van der Waals surface area (Å²) in [6, 6.07) is 6.75. The molecule has 0 N–H and O–H groups in total. The molecule has 0 radical (unpaired) electrons. The van der Waals surface area contributed by atoms with Gasteiger partial charge in [0.05, 0.1) is 6.10 Å². The number of ether oxygens (including phenoxy) is 2. The lowest BCUT2D eigenvalue weighted by Crippen LogP contribution is -2.17. The summed E-state index contributed by atoms with van der Waals surface area (Å²) < 4.78 is 11.3. The van der Waals surface area contributed by atoms with Gasteiger partial charge < -0.3 is 9.47 Å². The molecule has 0 bridgehead atoms. The summed E-state index contributed by atoms with van der Waals surface area (Å²) in [6.45, 7) is 9.47. The highest BCUT2D eigenvalue weighted by Gasteiger charge is 2.23. The summed E-state index contributed by atoms with van der Waals surface area (Å²) in [5.74, 6) is 1.72. The highest BCUT2D eigenvalue weighted by molar-refractivity contribution is 5.42. The largest absolute Gasteiger partial charge is 0.491 e. The molecule has 1 aromatic carbocycles. The van der Waals surface area contributed by atoms with Gasteiger partial charge in [0.2, 0.25) is 0 Å². The molecule has 2 rings (SSSR count). The van der Waals surface area contributed by atoms with Gasteiger partial charge in [-0.15, -0.1) is 0 Å². The van der Waals surface area contributed by atoms with E-state index in [-0.39, 0.29) is 11.5 Å². The van der Waals surface area contributed by atoms with Crippen molar-refractivity contribution in [3.05, 3.63) is 29.3 Å². The third-order valence-corrected chi connectivity index (χ3v) is 4.55. The van der Waals surface area contributed by atoms with Gasteiger partial charge in [0.15, 0.2) is 0 Å². The molecule has 1 fully saturated rings. The minimum Gasteiger partial charge on any atom is -0.491 e. The molecule has 0 aromatic heterocycles. The van der Waals surface area contributed by atoms with Crippen LogP contribution in [0.4, 0.5) is 0 Å². The maximum Gasteiger partial charge on any atom is 0.122 e. The molecular weight excluding hydrogens is 260 g/mol. The molecule has 0 spiro atoms. The molecule has 0 saturated heterocycles. The summed E-state index contributed by atoms with van der Waals surface area (Å²) in [4.78, 5) is 0. The molecule has 2 heteroatoms. The molecule has 21 heavy (non-hydrogen) atoms. The summed E-state index contributed by atoms with van der Waals surface area (Å²) >= 11 is 0. The highest BCUT2D eigenvalue weighted by Crippen LogP contribution is 2.40. The Labute approximate surface area is 129 Å². The van der Waals surface area contributed by atoms with Crippen LogP contribution >= 0.6 is 0 Å². The Morgan fingerprint density at radius 2 is 1.86 bits per heavy atom. The monoisotopic (exact) mass is 290 g/mol. The number of hydrogen-bond acceptors (Lipinski definition) is 2. The Hall–Kier alpha value is -1.02. The number of hydrogen-bond donors (Lipinski definition) is 0. The molecule has 0 heterocycles. The van der Waals surface area contributed by atoms with Crippen molar-refractivity contribution in [2.75, 3.05) is 13.7 Å². The van der Waals surface area contributed by atoms with Gasteiger partial charge in [-0.1, -0.05) is 45.7 Å². The first-order valence-corrected chi connectivity index (χ1v) is 8.22. The van der Waals surface area contributed by atoms with Gasteiger partial charge in [0.1, 0.15) is 12.4 Å². The third kappa shape index (κ3) is 4.23. The van der Waals surface area contributed by atoms with Crippen LogP contribution in [0, 0.1) is 0 Å². The Morgan fingerprint density at radius 3 is 2.43 bits per heavy atom. The second-order valence-electron chi connectivity index (χ2n) is 7.34. The summed E-state index contributed by atoms with van der Waals surface area (Å²) in [6.07, 6.45) is 5.41. The molecule has 1 saturated carbocycles. The minimum absolute atomic E-state index is 0.128. The summed E-state index contributed by atoms with van der Waals surface area (Å²) in [7, 11) is 1.73. The van der Waals surface area contributed by atoms with Crippen molar-refractivity contribution in [2.24, 2.45) is 0 Å². The van der Waals surface area contributed by atoms with Gasteiger partial charge in [-0.3, -0.25) is 0 Å². The van der Waals surface area contributed by atoms with Gasteiger partial charge in [-0.05, 0) is 48.3 Å². The van der Waals surface area contributed by atoms with Gasteiger partial charge in [0.25, 0.3) is 0 Å². The van der Waals surface area contributed by atoms with Gasteiger partial charge in [-0.25, -0.2) is 0 Å². The predicted octanol–water partition coefficient (Wildman–Crippen LogP) is 5.06. The second kappa shape index (κ2) is 6.83. The maximum absolute atomic E-state index is 6.04. The first-order chi connectivity index (χ1) is 9.91. The van der Waals surface area contributed by atoms with E-state index in [0.717, 1.165) is 5.75 Å².